The van der Waals surface area contributed by atoms with Crippen molar-refractivity contribution in [2.45, 2.75) is 44.7 Å². The first-order valence-corrected chi connectivity index (χ1v) is 9.27. The summed E-state index contributed by atoms with van der Waals surface area (Å²) in [4.78, 5) is 28.4. The first kappa shape index (κ1) is 16.9. The number of carbonyl (C=O) groups is 2. The first-order valence-electron chi connectivity index (χ1n) is 8.39. The molecule has 0 saturated carbocycles. The van der Waals surface area contributed by atoms with E-state index < -0.39 is 0 Å². The molecule has 0 bridgehead atoms. The monoisotopic (exact) mass is 346 g/mol. The molecular formula is C17H22N4O2S. The third-order valence-electron chi connectivity index (χ3n) is 4.95. The van der Waals surface area contributed by atoms with E-state index in [1.807, 2.05) is 4.90 Å². The normalized spacial score (nSPS) is 24.1. The van der Waals surface area contributed by atoms with Crippen LogP contribution in [0.2, 0.25) is 0 Å². The van der Waals surface area contributed by atoms with E-state index in [0.717, 1.165) is 38.8 Å². The zero-order valence-electron chi connectivity index (χ0n) is 13.8. The highest BCUT2D eigenvalue weighted by molar-refractivity contribution is 7.14. The summed E-state index contributed by atoms with van der Waals surface area (Å²) in [5.74, 6) is 0.0410. The smallest absolute Gasteiger partial charge is 0.239 e. The molecule has 3 rings (SSSR count). The molecular weight excluding hydrogens is 324 g/mol. The van der Waals surface area contributed by atoms with Crippen LogP contribution in [0.3, 0.4) is 0 Å². The maximum atomic E-state index is 12.4. The summed E-state index contributed by atoms with van der Waals surface area (Å²) in [5, 5.41) is 14.3. The second kappa shape index (κ2) is 7.32. The Bertz CT molecular complexity index is 666. The fraction of sp³-hybridized carbons (Fsp3) is 0.588. The average molecular weight is 346 g/mol. The fourth-order valence-electron chi connectivity index (χ4n) is 3.91. The molecule has 128 valence electrons. The second-order valence-electron chi connectivity index (χ2n) is 6.43. The molecule has 2 aliphatic heterocycles. The van der Waals surface area contributed by atoms with Gasteiger partial charge >= 0.3 is 0 Å². The van der Waals surface area contributed by atoms with Crippen LogP contribution in [-0.4, -0.2) is 53.3 Å². The molecule has 2 saturated heterocycles. The van der Waals surface area contributed by atoms with Gasteiger partial charge in [-0.25, -0.2) is 0 Å². The van der Waals surface area contributed by atoms with Crippen LogP contribution in [0, 0.1) is 11.3 Å². The van der Waals surface area contributed by atoms with Crippen molar-refractivity contribution in [1.82, 2.24) is 9.80 Å². The molecule has 3 heterocycles. The Morgan fingerprint density at radius 2 is 2.08 bits per heavy atom. The highest BCUT2D eigenvalue weighted by atomic mass is 32.1. The number of amides is 2. The summed E-state index contributed by atoms with van der Waals surface area (Å²) in [6, 6.07) is 4.29. The Morgan fingerprint density at radius 3 is 2.83 bits per heavy atom. The van der Waals surface area contributed by atoms with E-state index in [1.54, 1.807) is 18.4 Å². The molecule has 1 aromatic rings. The fourth-order valence-corrected chi connectivity index (χ4v) is 4.67. The van der Waals surface area contributed by atoms with Gasteiger partial charge in [-0.05, 0) is 43.7 Å². The molecule has 0 unspecified atom stereocenters. The number of nitrogens with one attached hydrogen (secondary N) is 1. The summed E-state index contributed by atoms with van der Waals surface area (Å²) in [6.07, 6.45) is 4.15. The van der Waals surface area contributed by atoms with Gasteiger partial charge in [0.2, 0.25) is 11.8 Å². The summed E-state index contributed by atoms with van der Waals surface area (Å²) in [7, 11) is 0. The summed E-state index contributed by atoms with van der Waals surface area (Å²) in [6.45, 7) is 3.66. The van der Waals surface area contributed by atoms with Crippen LogP contribution >= 0.6 is 11.3 Å². The van der Waals surface area contributed by atoms with Crippen molar-refractivity contribution in [3.05, 3.63) is 17.0 Å². The molecule has 1 N–H and O–H groups in total. The van der Waals surface area contributed by atoms with E-state index in [1.165, 1.54) is 11.3 Å². The van der Waals surface area contributed by atoms with Gasteiger partial charge in [0.05, 0.1) is 12.1 Å². The number of carbonyl (C=O) groups excluding carboxylic acids is 2. The van der Waals surface area contributed by atoms with Gasteiger partial charge in [0, 0.05) is 25.6 Å². The van der Waals surface area contributed by atoms with Crippen molar-refractivity contribution in [2.24, 2.45) is 0 Å². The van der Waals surface area contributed by atoms with Crippen molar-refractivity contribution in [2.75, 3.05) is 25.0 Å². The quantitative estimate of drug-likeness (QED) is 0.905. The molecule has 2 atom stereocenters. The van der Waals surface area contributed by atoms with E-state index >= 15 is 0 Å². The van der Waals surface area contributed by atoms with Gasteiger partial charge in [0.1, 0.15) is 11.1 Å². The van der Waals surface area contributed by atoms with E-state index in [-0.39, 0.29) is 23.9 Å². The Morgan fingerprint density at radius 1 is 1.33 bits per heavy atom. The summed E-state index contributed by atoms with van der Waals surface area (Å²) >= 11 is 1.36. The highest BCUT2D eigenvalue weighted by Gasteiger charge is 2.39. The van der Waals surface area contributed by atoms with Gasteiger partial charge in [-0.1, -0.05) is 0 Å². The Balaban J connectivity index is 1.63. The van der Waals surface area contributed by atoms with Crippen molar-refractivity contribution in [1.29, 1.82) is 5.26 Å². The highest BCUT2D eigenvalue weighted by Crippen LogP contribution is 2.30. The zero-order chi connectivity index (χ0) is 17.1. The predicted molar refractivity (Wildman–Crippen MR) is 92.7 cm³/mol. The minimum Gasteiger partial charge on any atom is -0.338 e. The molecule has 24 heavy (non-hydrogen) atoms. The number of hydrogen-bond acceptors (Lipinski definition) is 5. The third kappa shape index (κ3) is 3.45. The molecule has 1 aromatic heterocycles. The van der Waals surface area contributed by atoms with Crippen LogP contribution in [0.4, 0.5) is 5.00 Å². The minimum atomic E-state index is -0.0896. The van der Waals surface area contributed by atoms with Gasteiger partial charge in [0.25, 0.3) is 0 Å². The SMILES string of the molecule is CC(=O)N1CCC[C@@H]1[C@@H]1CCCN1CC(=O)Nc1sccc1C#N. The van der Waals surface area contributed by atoms with Gasteiger partial charge < -0.3 is 10.2 Å². The number of nitriles is 1. The summed E-state index contributed by atoms with van der Waals surface area (Å²) in [5.41, 5.74) is 0.505. The molecule has 2 aliphatic rings. The number of nitrogens with zero attached hydrogens (tertiary/aromatic N) is 3. The lowest BCUT2D eigenvalue weighted by Gasteiger charge is -2.34. The molecule has 2 fully saturated rings. The number of thiophene rings is 1. The van der Waals surface area contributed by atoms with Crippen LogP contribution in [0.1, 0.15) is 38.2 Å². The molecule has 0 radical (unpaired) electrons. The Labute approximate surface area is 146 Å². The average Bonchev–Trinajstić information content (AvgIpc) is 3.25. The molecule has 2 amide bonds. The van der Waals surface area contributed by atoms with Crippen LogP contribution in [0.15, 0.2) is 11.4 Å². The standard InChI is InChI=1S/C17H22N4O2S/c1-12(22)21-8-3-5-15(21)14-4-2-7-20(14)11-16(23)19-17-13(10-18)6-9-24-17/h6,9,14-15H,2-5,7-8,11H2,1H3,(H,19,23)/t14-,15+/m0/s1. The maximum Gasteiger partial charge on any atom is 0.239 e. The van der Waals surface area contributed by atoms with Gasteiger partial charge in [-0.2, -0.15) is 5.26 Å². The van der Waals surface area contributed by atoms with Crippen molar-refractivity contribution in [3.8, 4) is 6.07 Å². The first-order chi connectivity index (χ1) is 11.6. The second-order valence-corrected chi connectivity index (χ2v) is 7.34. The molecule has 0 aromatic carbocycles. The molecule has 6 nitrogen and oxygen atoms in total. The number of anilines is 1. The number of hydrogen-bond donors (Lipinski definition) is 1. The lowest BCUT2D eigenvalue weighted by molar-refractivity contribution is -0.130. The van der Waals surface area contributed by atoms with E-state index in [9.17, 15) is 9.59 Å². The molecule has 0 spiro atoms. The molecule has 0 aliphatic carbocycles. The van der Waals surface area contributed by atoms with Crippen LogP contribution in [-0.2, 0) is 9.59 Å². The van der Waals surface area contributed by atoms with Crippen molar-refractivity contribution in [3.63, 3.8) is 0 Å². The number of rotatable bonds is 4. The Hall–Kier alpha value is -1.91. The van der Waals surface area contributed by atoms with Crippen LogP contribution in [0.5, 0.6) is 0 Å². The predicted octanol–water partition coefficient (Wildman–Crippen LogP) is 2.03. The minimum absolute atomic E-state index is 0.0896. The van der Waals surface area contributed by atoms with Crippen molar-refractivity contribution >= 4 is 28.2 Å². The van der Waals surface area contributed by atoms with E-state index in [4.69, 9.17) is 5.26 Å². The van der Waals surface area contributed by atoms with Crippen LogP contribution < -0.4 is 5.32 Å². The summed E-state index contributed by atoms with van der Waals surface area (Å²) < 4.78 is 0. The van der Waals surface area contributed by atoms with Crippen LogP contribution in [0.25, 0.3) is 0 Å². The van der Waals surface area contributed by atoms with Gasteiger partial charge in [-0.15, -0.1) is 11.3 Å². The van der Waals surface area contributed by atoms with Crippen molar-refractivity contribution < 1.29 is 9.59 Å². The van der Waals surface area contributed by atoms with E-state index in [2.05, 4.69) is 16.3 Å². The largest absolute Gasteiger partial charge is 0.338 e. The number of likely N-dealkylation sites (tertiary alicyclic amines) is 2. The maximum absolute atomic E-state index is 12.4. The third-order valence-corrected chi connectivity index (χ3v) is 5.78. The molecule has 7 heteroatoms. The zero-order valence-corrected chi connectivity index (χ0v) is 14.6. The van der Waals surface area contributed by atoms with Gasteiger partial charge in [0.15, 0.2) is 0 Å². The topological polar surface area (TPSA) is 76.4 Å². The van der Waals surface area contributed by atoms with Gasteiger partial charge in [-0.3, -0.25) is 14.5 Å². The lowest BCUT2D eigenvalue weighted by atomic mass is 10.0. The Kier molecular flexibility index (Phi) is 5.17. The lowest BCUT2D eigenvalue weighted by Crippen LogP contribution is -2.49. The van der Waals surface area contributed by atoms with E-state index in [0.29, 0.717) is 17.1 Å².